The van der Waals surface area contributed by atoms with Crippen molar-refractivity contribution < 1.29 is 68.3 Å². The highest BCUT2D eigenvalue weighted by Crippen LogP contribution is 2.41. The second-order valence-corrected chi connectivity index (χ2v) is 16.6. The Morgan fingerprint density at radius 3 is 2.00 bits per heavy atom. The monoisotopic (exact) mass is 763 g/mol. The number of esters is 1. The molecule has 0 bridgehead atoms. The van der Waals surface area contributed by atoms with E-state index >= 15 is 0 Å². The second kappa shape index (κ2) is 18.3. The zero-order chi connectivity index (χ0) is 40.4. The minimum atomic E-state index is -2.37. The Hall–Kier alpha value is -1.34. The lowest BCUT2D eigenvalue weighted by molar-refractivity contribution is -0.319. The normalized spacial score (nSPS) is 48.3. The first-order chi connectivity index (χ1) is 24.5. The summed E-state index contributed by atoms with van der Waals surface area (Å²) in [6.45, 7) is 14.3. The van der Waals surface area contributed by atoms with E-state index < -0.39 is 114 Å². The van der Waals surface area contributed by atoms with Gasteiger partial charge in [0.2, 0.25) is 0 Å². The van der Waals surface area contributed by atoms with E-state index in [1.165, 1.54) is 21.1 Å². The van der Waals surface area contributed by atoms with Gasteiger partial charge < -0.3 is 63.6 Å². The molecule has 0 aromatic rings. The lowest BCUT2D eigenvalue weighted by Crippen LogP contribution is -2.62. The van der Waals surface area contributed by atoms with Gasteiger partial charge in [-0.15, -0.1) is 0 Å². The summed E-state index contributed by atoms with van der Waals surface area (Å²) in [5.74, 6) is -5.04. The van der Waals surface area contributed by atoms with Crippen LogP contribution in [-0.4, -0.2) is 161 Å². The Labute approximate surface area is 315 Å². The third-order valence-electron chi connectivity index (χ3n) is 12.3. The van der Waals surface area contributed by atoms with Crippen LogP contribution in [0.15, 0.2) is 0 Å². The lowest BCUT2D eigenvalue weighted by Gasteiger charge is -2.50. The molecule has 18 atom stereocenters. The summed E-state index contributed by atoms with van der Waals surface area (Å²) in [6.07, 6.45) is -9.73. The number of carbonyl (C=O) groups is 2. The minimum absolute atomic E-state index is 0.00701. The molecule has 0 aromatic heterocycles. The van der Waals surface area contributed by atoms with E-state index in [1.807, 2.05) is 25.9 Å². The molecular formula is C38H69NO14. The number of ketones is 1. The van der Waals surface area contributed by atoms with Gasteiger partial charge in [-0.05, 0) is 68.0 Å². The number of methoxy groups -OCH3 is 2. The molecule has 3 saturated heterocycles. The van der Waals surface area contributed by atoms with E-state index in [9.17, 15) is 35.1 Å². The van der Waals surface area contributed by atoms with Gasteiger partial charge in [0.25, 0.3) is 0 Å². The molecular weight excluding hydrogens is 694 g/mol. The molecule has 0 aromatic carbocycles. The van der Waals surface area contributed by atoms with E-state index in [2.05, 4.69) is 0 Å². The van der Waals surface area contributed by atoms with E-state index in [-0.39, 0.29) is 31.4 Å². The smallest absolute Gasteiger partial charge is 0.311 e. The quantitative estimate of drug-likeness (QED) is 0.211. The average molecular weight is 764 g/mol. The van der Waals surface area contributed by atoms with Crippen molar-refractivity contribution in [2.75, 3.05) is 34.9 Å². The van der Waals surface area contributed by atoms with Gasteiger partial charge in [0.05, 0.1) is 54.2 Å². The molecule has 0 spiro atoms. The van der Waals surface area contributed by atoms with Crippen LogP contribution in [0, 0.1) is 23.7 Å². The molecule has 3 aliphatic rings. The standard InChI is InChI=1S/C38H69NO14/c1-14-26-38(46,18-40)31(43)21(4)28(41)19(2)16-37(9,48-13)33(53-35-29(42)25(39(10)11)15-20(3)49-35)22(5)30(23(6)34(45)51-26)52-27-17-36(8,47-12)32(44)24(7)50-27/h19-27,29-33,35,40,42-44,46H,14-18H2,1-13H3/t19-,20-,21+,22+,23-,24+,25+,26-,27+,29-,30+,31-,32+,33-,35+,36-,37-,38-/m1/s1. The Balaban J connectivity index is 2.24. The zero-order valence-corrected chi connectivity index (χ0v) is 34.1. The van der Waals surface area contributed by atoms with Crippen LogP contribution in [0.1, 0.15) is 88.0 Å². The Morgan fingerprint density at radius 1 is 0.868 bits per heavy atom. The van der Waals surface area contributed by atoms with Crippen LogP contribution in [0.3, 0.4) is 0 Å². The van der Waals surface area contributed by atoms with Crippen molar-refractivity contribution in [2.45, 2.75) is 172 Å². The number of nitrogens with zero attached hydrogens (tertiary/aromatic N) is 1. The maximum Gasteiger partial charge on any atom is 0.311 e. The molecule has 0 aliphatic carbocycles. The molecule has 3 fully saturated rings. The Morgan fingerprint density at radius 2 is 1.47 bits per heavy atom. The number of rotatable bonds is 9. The van der Waals surface area contributed by atoms with Crippen LogP contribution in [0.5, 0.6) is 0 Å². The molecule has 5 N–H and O–H groups in total. The first-order valence-electron chi connectivity index (χ1n) is 19.1. The Kier molecular flexibility index (Phi) is 15.9. The molecule has 0 saturated carbocycles. The number of carbonyl (C=O) groups excluding carboxylic acids is 2. The highest BCUT2D eigenvalue weighted by molar-refractivity contribution is 5.83. The molecule has 3 aliphatic heterocycles. The highest BCUT2D eigenvalue weighted by atomic mass is 16.7. The van der Waals surface area contributed by atoms with Crippen molar-refractivity contribution in [1.29, 1.82) is 0 Å². The topological polar surface area (TPSA) is 203 Å². The third kappa shape index (κ3) is 9.62. The number of aliphatic hydroxyl groups is 5. The van der Waals surface area contributed by atoms with Gasteiger partial charge in [0.15, 0.2) is 18.2 Å². The molecule has 310 valence electrons. The van der Waals surface area contributed by atoms with Crippen LogP contribution in [-0.2, 0) is 42.7 Å². The van der Waals surface area contributed by atoms with Crippen molar-refractivity contribution >= 4 is 11.8 Å². The first kappa shape index (κ1) is 46.0. The number of cyclic esters (lactones) is 1. The fourth-order valence-corrected chi connectivity index (χ4v) is 8.63. The highest BCUT2D eigenvalue weighted by Gasteiger charge is 2.55. The fraction of sp³-hybridized carbons (Fsp3) is 0.947. The summed E-state index contributed by atoms with van der Waals surface area (Å²) >= 11 is 0. The van der Waals surface area contributed by atoms with Crippen molar-refractivity contribution in [2.24, 2.45) is 23.7 Å². The molecule has 3 heterocycles. The molecule has 0 radical (unpaired) electrons. The summed E-state index contributed by atoms with van der Waals surface area (Å²) < 4.78 is 43.7. The predicted octanol–water partition coefficient (Wildman–Crippen LogP) is 1.41. The van der Waals surface area contributed by atoms with Crippen LogP contribution in [0.2, 0.25) is 0 Å². The van der Waals surface area contributed by atoms with E-state index in [1.54, 1.807) is 48.5 Å². The zero-order valence-electron chi connectivity index (χ0n) is 34.1. The molecule has 0 unspecified atom stereocenters. The first-order valence-corrected chi connectivity index (χ1v) is 19.1. The van der Waals surface area contributed by atoms with Crippen LogP contribution >= 0.6 is 0 Å². The van der Waals surface area contributed by atoms with Crippen molar-refractivity contribution in [1.82, 2.24) is 4.90 Å². The van der Waals surface area contributed by atoms with Crippen molar-refractivity contribution in [3.05, 3.63) is 0 Å². The van der Waals surface area contributed by atoms with Crippen LogP contribution in [0.4, 0.5) is 0 Å². The fourth-order valence-electron chi connectivity index (χ4n) is 8.63. The van der Waals surface area contributed by atoms with Gasteiger partial charge in [-0.25, -0.2) is 0 Å². The third-order valence-corrected chi connectivity index (χ3v) is 12.3. The number of likely N-dealkylation sites (N-methyl/N-ethyl adjacent to an activating group) is 1. The number of aliphatic hydroxyl groups excluding tert-OH is 4. The maximum atomic E-state index is 14.2. The van der Waals surface area contributed by atoms with Gasteiger partial charge >= 0.3 is 5.97 Å². The number of Topliss-reactive ketones (excluding diaryl/α,β-unsaturated/α-hetero) is 1. The molecule has 3 rings (SSSR count). The Bertz CT molecular complexity index is 1210. The minimum Gasteiger partial charge on any atom is -0.459 e. The van der Waals surface area contributed by atoms with Gasteiger partial charge in [0.1, 0.15) is 24.1 Å². The van der Waals surface area contributed by atoms with Crippen molar-refractivity contribution in [3.8, 4) is 0 Å². The molecule has 15 nitrogen and oxygen atoms in total. The van der Waals surface area contributed by atoms with E-state index in [4.69, 9.17) is 33.2 Å². The maximum absolute atomic E-state index is 14.2. The lowest BCUT2D eigenvalue weighted by atomic mass is 9.73. The largest absolute Gasteiger partial charge is 0.459 e. The molecule has 0 amide bonds. The predicted molar refractivity (Wildman–Crippen MR) is 192 cm³/mol. The van der Waals surface area contributed by atoms with E-state index in [0.717, 1.165) is 0 Å². The number of ether oxygens (including phenoxy) is 7. The van der Waals surface area contributed by atoms with Crippen LogP contribution in [0.25, 0.3) is 0 Å². The van der Waals surface area contributed by atoms with Crippen LogP contribution < -0.4 is 0 Å². The van der Waals surface area contributed by atoms with Gasteiger partial charge in [-0.3, -0.25) is 9.59 Å². The van der Waals surface area contributed by atoms with E-state index in [0.29, 0.717) is 6.42 Å². The summed E-state index contributed by atoms with van der Waals surface area (Å²) in [4.78, 5) is 30.1. The summed E-state index contributed by atoms with van der Waals surface area (Å²) in [6, 6.07) is -0.304. The van der Waals surface area contributed by atoms with Gasteiger partial charge in [-0.1, -0.05) is 27.7 Å². The van der Waals surface area contributed by atoms with Crippen molar-refractivity contribution in [3.63, 3.8) is 0 Å². The van der Waals surface area contributed by atoms with Gasteiger partial charge in [0, 0.05) is 44.4 Å². The SMILES string of the molecule is CC[C@H]1OC(=O)[C@H](C)[C@@H](O[C@H]2C[C@@](C)(OC)[C@@H](O)[C@H](C)O2)[C@H](C)[C@@H](O[C@@H]2O[C@H](C)C[C@H](N(C)C)[C@H]2O)[C@](C)(OC)C[C@@H](C)C(=O)[C@H](C)[C@@H](O)[C@@]1(O)CO. The number of hydrogen-bond acceptors (Lipinski definition) is 15. The summed E-state index contributed by atoms with van der Waals surface area (Å²) in [5, 5.41) is 56.1. The second-order valence-electron chi connectivity index (χ2n) is 16.6. The summed E-state index contributed by atoms with van der Waals surface area (Å²) in [5.41, 5.74) is -4.73. The van der Waals surface area contributed by atoms with Gasteiger partial charge in [-0.2, -0.15) is 0 Å². The molecule has 15 heteroatoms. The average Bonchev–Trinajstić information content (AvgIpc) is 3.12. The molecule has 53 heavy (non-hydrogen) atoms. The summed E-state index contributed by atoms with van der Waals surface area (Å²) in [7, 11) is 6.69. The number of hydrogen-bond donors (Lipinski definition) is 5.